The van der Waals surface area contributed by atoms with E-state index in [0.29, 0.717) is 0 Å². The minimum Gasteiger partial charge on any atom is -0.346 e. The summed E-state index contributed by atoms with van der Waals surface area (Å²) >= 11 is 1.50. The number of rotatable bonds is 5. The maximum atomic E-state index is 12.1. The molecular formula is C13H22N2OS. The largest absolute Gasteiger partial charge is 0.346 e. The van der Waals surface area contributed by atoms with Gasteiger partial charge < -0.3 is 5.32 Å². The molecule has 1 heterocycles. The second-order valence-corrected chi connectivity index (χ2v) is 6.05. The van der Waals surface area contributed by atoms with E-state index >= 15 is 0 Å². The van der Waals surface area contributed by atoms with Crippen LogP contribution in [-0.4, -0.2) is 16.4 Å². The monoisotopic (exact) mass is 254 g/mol. The van der Waals surface area contributed by atoms with Gasteiger partial charge in [-0.2, -0.15) is 0 Å². The average Bonchev–Trinajstić information content (AvgIpc) is 2.58. The van der Waals surface area contributed by atoms with Crippen LogP contribution in [0.1, 0.15) is 60.9 Å². The second-order valence-electron chi connectivity index (χ2n) is 4.96. The Kier molecular flexibility index (Phi) is 4.69. The molecule has 0 aromatic carbocycles. The number of carbonyl (C=O) groups excluding carboxylic acids is 1. The van der Waals surface area contributed by atoms with E-state index in [1.165, 1.54) is 11.3 Å². The van der Waals surface area contributed by atoms with Gasteiger partial charge >= 0.3 is 0 Å². The Balaban J connectivity index is 2.79. The van der Waals surface area contributed by atoms with E-state index in [9.17, 15) is 4.79 Å². The first-order chi connectivity index (χ1) is 7.89. The zero-order valence-electron chi connectivity index (χ0n) is 11.4. The van der Waals surface area contributed by atoms with Crippen LogP contribution in [0.4, 0.5) is 0 Å². The SMILES string of the molecule is CCCC(C)(C)NC(=O)c1sc(CC)nc1C. The number of nitrogens with zero attached hydrogens (tertiary/aromatic N) is 1. The van der Waals surface area contributed by atoms with Crippen LogP contribution < -0.4 is 5.32 Å². The standard InChI is InChI=1S/C13H22N2OS/c1-6-8-13(4,5)15-12(16)11-9(3)14-10(7-2)17-11/h6-8H2,1-5H3,(H,15,16). The highest BCUT2D eigenvalue weighted by Gasteiger charge is 2.22. The molecule has 17 heavy (non-hydrogen) atoms. The van der Waals surface area contributed by atoms with Gasteiger partial charge in [0.15, 0.2) is 0 Å². The summed E-state index contributed by atoms with van der Waals surface area (Å²) in [4.78, 5) is 17.3. The van der Waals surface area contributed by atoms with Crippen LogP contribution in [0.25, 0.3) is 0 Å². The molecule has 0 atom stereocenters. The fourth-order valence-electron chi connectivity index (χ4n) is 1.87. The van der Waals surface area contributed by atoms with Crippen molar-refractivity contribution in [3.05, 3.63) is 15.6 Å². The van der Waals surface area contributed by atoms with Crippen LogP contribution in [-0.2, 0) is 6.42 Å². The Bertz CT molecular complexity index is 396. The van der Waals surface area contributed by atoms with Crippen molar-refractivity contribution in [1.29, 1.82) is 0 Å². The zero-order chi connectivity index (χ0) is 13.1. The van der Waals surface area contributed by atoms with Crippen LogP contribution in [0.15, 0.2) is 0 Å². The molecule has 3 nitrogen and oxygen atoms in total. The first kappa shape index (κ1) is 14.2. The maximum Gasteiger partial charge on any atom is 0.263 e. The van der Waals surface area contributed by atoms with Gasteiger partial charge in [0.2, 0.25) is 0 Å². The molecular weight excluding hydrogens is 232 g/mol. The molecule has 1 amide bonds. The number of carbonyl (C=O) groups is 1. The fourth-order valence-corrected chi connectivity index (χ4v) is 2.77. The summed E-state index contributed by atoms with van der Waals surface area (Å²) in [6, 6.07) is 0. The van der Waals surface area contributed by atoms with Crippen LogP contribution in [0.3, 0.4) is 0 Å². The first-order valence-electron chi connectivity index (χ1n) is 6.18. The van der Waals surface area contributed by atoms with E-state index in [1.807, 2.05) is 6.92 Å². The van der Waals surface area contributed by atoms with E-state index in [4.69, 9.17) is 0 Å². The summed E-state index contributed by atoms with van der Waals surface area (Å²) in [6.45, 7) is 10.2. The van der Waals surface area contributed by atoms with Gasteiger partial charge in [0.05, 0.1) is 10.7 Å². The predicted octanol–water partition coefficient (Wildman–Crippen LogP) is 3.32. The van der Waals surface area contributed by atoms with Gasteiger partial charge in [-0.05, 0) is 33.6 Å². The number of thiazole rings is 1. The maximum absolute atomic E-state index is 12.1. The van der Waals surface area contributed by atoms with Crippen LogP contribution in [0, 0.1) is 6.92 Å². The molecule has 96 valence electrons. The third-order valence-electron chi connectivity index (χ3n) is 2.68. The predicted molar refractivity (Wildman–Crippen MR) is 72.7 cm³/mol. The van der Waals surface area contributed by atoms with E-state index < -0.39 is 0 Å². The third-order valence-corrected chi connectivity index (χ3v) is 3.98. The summed E-state index contributed by atoms with van der Waals surface area (Å²) in [5, 5.41) is 4.11. The molecule has 0 fully saturated rings. The van der Waals surface area contributed by atoms with Crippen molar-refractivity contribution in [2.75, 3.05) is 0 Å². The Morgan fingerprint density at radius 3 is 2.53 bits per heavy atom. The molecule has 1 aromatic rings. The lowest BCUT2D eigenvalue weighted by molar-refractivity contribution is 0.0912. The van der Waals surface area contributed by atoms with Gasteiger partial charge in [0.1, 0.15) is 4.88 Å². The van der Waals surface area contributed by atoms with Gasteiger partial charge in [-0.25, -0.2) is 4.98 Å². The van der Waals surface area contributed by atoms with Crippen molar-refractivity contribution in [3.63, 3.8) is 0 Å². The van der Waals surface area contributed by atoms with Gasteiger partial charge in [0, 0.05) is 5.54 Å². The molecule has 0 aliphatic rings. The number of aromatic nitrogens is 1. The van der Waals surface area contributed by atoms with Crippen molar-refractivity contribution in [3.8, 4) is 0 Å². The molecule has 0 saturated carbocycles. The lowest BCUT2D eigenvalue weighted by atomic mass is 9.99. The quantitative estimate of drug-likeness (QED) is 0.875. The van der Waals surface area contributed by atoms with Crippen molar-refractivity contribution in [2.45, 2.75) is 59.4 Å². The van der Waals surface area contributed by atoms with Gasteiger partial charge in [-0.1, -0.05) is 20.3 Å². The van der Waals surface area contributed by atoms with E-state index in [2.05, 4.69) is 38.0 Å². The second kappa shape index (κ2) is 5.63. The summed E-state index contributed by atoms with van der Waals surface area (Å²) in [5.41, 5.74) is 0.700. The summed E-state index contributed by atoms with van der Waals surface area (Å²) in [7, 11) is 0. The van der Waals surface area contributed by atoms with E-state index in [0.717, 1.165) is 34.8 Å². The molecule has 0 radical (unpaired) electrons. The molecule has 4 heteroatoms. The Hall–Kier alpha value is -0.900. The average molecular weight is 254 g/mol. The number of aryl methyl sites for hydroxylation is 2. The van der Waals surface area contributed by atoms with Crippen molar-refractivity contribution in [1.82, 2.24) is 10.3 Å². The minimum absolute atomic E-state index is 0.0122. The Labute approximate surface area is 108 Å². The van der Waals surface area contributed by atoms with Crippen molar-refractivity contribution >= 4 is 17.2 Å². The van der Waals surface area contributed by atoms with E-state index in [1.54, 1.807) is 0 Å². The van der Waals surface area contributed by atoms with Crippen LogP contribution in [0.2, 0.25) is 0 Å². The highest BCUT2D eigenvalue weighted by molar-refractivity contribution is 7.13. The molecule has 1 aromatic heterocycles. The Morgan fingerprint density at radius 1 is 1.41 bits per heavy atom. The number of nitrogens with one attached hydrogen (secondary N) is 1. The highest BCUT2D eigenvalue weighted by atomic mass is 32.1. The van der Waals surface area contributed by atoms with Crippen molar-refractivity contribution < 1.29 is 4.79 Å². The smallest absolute Gasteiger partial charge is 0.263 e. The summed E-state index contributed by atoms with van der Waals surface area (Å²) in [5.74, 6) is 0.0122. The van der Waals surface area contributed by atoms with Gasteiger partial charge in [0.25, 0.3) is 5.91 Å². The number of hydrogen-bond acceptors (Lipinski definition) is 3. The lowest BCUT2D eigenvalue weighted by Crippen LogP contribution is -2.43. The number of hydrogen-bond donors (Lipinski definition) is 1. The first-order valence-corrected chi connectivity index (χ1v) is 7.00. The lowest BCUT2D eigenvalue weighted by Gasteiger charge is -2.25. The third kappa shape index (κ3) is 3.80. The minimum atomic E-state index is -0.144. The molecule has 0 spiro atoms. The van der Waals surface area contributed by atoms with Gasteiger partial charge in [-0.3, -0.25) is 4.79 Å². The molecule has 0 bridgehead atoms. The molecule has 0 unspecified atom stereocenters. The summed E-state index contributed by atoms with van der Waals surface area (Å²) in [6.07, 6.45) is 2.93. The fraction of sp³-hybridized carbons (Fsp3) is 0.692. The molecule has 0 aliphatic heterocycles. The van der Waals surface area contributed by atoms with Gasteiger partial charge in [-0.15, -0.1) is 11.3 Å². The normalized spacial score (nSPS) is 11.6. The Morgan fingerprint density at radius 2 is 2.06 bits per heavy atom. The topological polar surface area (TPSA) is 42.0 Å². The highest BCUT2D eigenvalue weighted by Crippen LogP contribution is 2.20. The van der Waals surface area contributed by atoms with Crippen LogP contribution >= 0.6 is 11.3 Å². The van der Waals surface area contributed by atoms with E-state index in [-0.39, 0.29) is 11.4 Å². The molecule has 0 aliphatic carbocycles. The van der Waals surface area contributed by atoms with Crippen molar-refractivity contribution in [2.24, 2.45) is 0 Å². The summed E-state index contributed by atoms with van der Waals surface area (Å²) < 4.78 is 0. The number of amides is 1. The molecule has 1 rings (SSSR count). The molecule has 0 saturated heterocycles. The zero-order valence-corrected chi connectivity index (χ0v) is 12.2. The van der Waals surface area contributed by atoms with Crippen LogP contribution in [0.5, 0.6) is 0 Å². The molecule has 1 N–H and O–H groups in total.